The maximum Gasteiger partial charge on any atom is 0.405 e. The molecule has 0 bridgehead atoms. The summed E-state index contributed by atoms with van der Waals surface area (Å²) in [6.07, 6.45) is -0.750. The van der Waals surface area contributed by atoms with Gasteiger partial charge in [0, 0.05) is 25.7 Å². The summed E-state index contributed by atoms with van der Waals surface area (Å²) < 4.78 is 5.84. The van der Waals surface area contributed by atoms with Gasteiger partial charge in [0.1, 0.15) is 11.6 Å². The highest BCUT2D eigenvalue weighted by atomic mass is 16.5. The van der Waals surface area contributed by atoms with Gasteiger partial charge in [0.25, 0.3) is 0 Å². The zero-order chi connectivity index (χ0) is 31.0. The van der Waals surface area contributed by atoms with E-state index in [1.165, 1.54) is 13.8 Å². The molecule has 11 heteroatoms. The second-order valence-corrected chi connectivity index (χ2v) is 10.8. The quantitative estimate of drug-likeness (QED) is 0.244. The summed E-state index contributed by atoms with van der Waals surface area (Å²) in [7, 11) is 1.56. The molecule has 226 valence electrons. The highest BCUT2D eigenvalue weighted by molar-refractivity contribution is 5.95. The molecule has 0 spiro atoms. The first-order valence-electron chi connectivity index (χ1n) is 14.0. The molecule has 3 aromatic rings. The van der Waals surface area contributed by atoms with Crippen LogP contribution in [-0.4, -0.2) is 65.7 Å². The smallest absolute Gasteiger partial charge is 0.405 e. The van der Waals surface area contributed by atoms with E-state index in [9.17, 15) is 19.2 Å². The number of hydrogen-bond acceptors (Lipinski definition) is 5. The lowest BCUT2D eigenvalue weighted by atomic mass is 9.93. The average Bonchev–Trinajstić information content (AvgIpc) is 2.99. The predicted octanol–water partition coefficient (Wildman–Crippen LogP) is 3.74. The number of nitrogens with one attached hydrogen (secondary N) is 4. The number of anilines is 1. The van der Waals surface area contributed by atoms with Crippen LogP contribution in [0, 0.1) is 0 Å². The fourth-order valence-corrected chi connectivity index (χ4v) is 4.86. The van der Waals surface area contributed by atoms with Crippen molar-refractivity contribution < 1.29 is 29.0 Å². The molecule has 11 nitrogen and oxygen atoms in total. The van der Waals surface area contributed by atoms with Gasteiger partial charge in [0.2, 0.25) is 11.8 Å². The Bertz CT molecular complexity index is 1480. The zero-order valence-corrected chi connectivity index (χ0v) is 24.5. The standard InChI is InChI=1S/C32H37N5O6/c1-32(2,36-31(41)42)29(39)34-27(20-43-19-21-9-5-4-6-10-21)28(38)37-16-15-22-17-23(13-14-24(22)18-37)25-11-7-8-12-26(25)35-30(40)33-3/h4-14,17,27,36H,15-16,18-20H2,1-3H3,(H,34,39)(H,41,42)(H2,33,35,40). The SMILES string of the molecule is CNC(=O)Nc1ccccc1-c1ccc2c(c1)CCN(C(=O)C(COCc1ccccc1)NC(=O)C(C)(C)NC(=O)O)C2. The Morgan fingerprint density at radius 1 is 0.977 bits per heavy atom. The monoisotopic (exact) mass is 587 g/mol. The van der Waals surface area contributed by atoms with Crippen LogP contribution in [0.25, 0.3) is 11.1 Å². The van der Waals surface area contributed by atoms with Gasteiger partial charge in [-0.05, 0) is 48.6 Å². The first kappa shape index (κ1) is 31.0. The highest BCUT2D eigenvalue weighted by Crippen LogP contribution is 2.31. The van der Waals surface area contributed by atoms with Crippen molar-refractivity contribution >= 4 is 29.6 Å². The molecule has 3 aromatic carbocycles. The molecule has 1 unspecified atom stereocenters. The van der Waals surface area contributed by atoms with Crippen LogP contribution in [-0.2, 0) is 33.9 Å². The van der Waals surface area contributed by atoms with Crippen molar-refractivity contribution in [2.45, 2.75) is 45.0 Å². The summed E-state index contributed by atoms with van der Waals surface area (Å²) in [5, 5.41) is 19.5. The number of amides is 5. The number of para-hydroxylation sites is 1. The first-order valence-corrected chi connectivity index (χ1v) is 14.0. The van der Waals surface area contributed by atoms with Gasteiger partial charge in [-0.15, -0.1) is 0 Å². The maximum absolute atomic E-state index is 13.7. The lowest BCUT2D eigenvalue weighted by Gasteiger charge is -2.33. The van der Waals surface area contributed by atoms with Crippen LogP contribution >= 0.6 is 0 Å². The summed E-state index contributed by atoms with van der Waals surface area (Å²) in [6, 6.07) is 21.7. The topological polar surface area (TPSA) is 149 Å². The summed E-state index contributed by atoms with van der Waals surface area (Å²) in [5.41, 5.74) is 4.03. The molecule has 1 aliphatic rings. The minimum atomic E-state index is -1.46. The first-order chi connectivity index (χ1) is 20.6. The summed E-state index contributed by atoms with van der Waals surface area (Å²) >= 11 is 0. The van der Waals surface area contributed by atoms with Crippen molar-refractivity contribution in [2.75, 3.05) is 25.5 Å². The fraction of sp³-hybridized carbons (Fsp3) is 0.312. The molecule has 1 heterocycles. The molecule has 5 amide bonds. The second kappa shape index (κ2) is 13.8. The number of carbonyl (C=O) groups is 4. The van der Waals surface area contributed by atoms with Gasteiger partial charge < -0.3 is 36.0 Å². The lowest BCUT2D eigenvalue weighted by Crippen LogP contribution is -2.60. The Kier molecular flexibility index (Phi) is 9.99. The van der Waals surface area contributed by atoms with E-state index in [-0.39, 0.29) is 25.2 Å². The minimum absolute atomic E-state index is 0.0833. The van der Waals surface area contributed by atoms with Crippen molar-refractivity contribution in [3.05, 3.63) is 89.5 Å². The number of nitrogens with zero attached hydrogens (tertiary/aromatic N) is 1. The molecule has 1 atom stereocenters. The van der Waals surface area contributed by atoms with Gasteiger partial charge in [0.05, 0.1) is 18.9 Å². The third kappa shape index (κ3) is 8.10. The number of benzene rings is 3. The van der Waals surface area contributed by atoms with Gasteiger partial charge in [-0.3, -0.25) is 9.59 Å². The second-order valence-electron chi connectivity index (χ2n) is 10.8. The molecule has 1 aliphatic heterocycles. The number of carboxylic acid groups (broad SMARTS) is 1. The van der Waals surface area contributed by atoms with Crippen LogP contribution in [0.5, 0.6) is 0 Å². The fourth-order valence-electron chi connectivity index (χ4n) is 4.86. The molecular weight excluding hydrogens is 550 g/mol. The Morgan fingerprint density at radius 2 is 1.70 bits per heavy atom. The molecule has 0 aromatic heterocycles. The van der Waals surface area contributed by atoms with Crippen LogP contribution in [0.2, 0.25) is 0 Å². The Morgan fingerprint density at radius 3 is 2.42 bits per heavy atom. The Hall–Kier alpha value is -4.90. The van der Waals surface area contributed by atoms with Gasteiger partial charge in [-0.1, -0.05) is 66.7 Å². The van der Waals surface area contributed by atoms with Crippen LogP contribution in [0.3, 0.4) is 0 Å². The average molecular weight is 588 g/mol. The molecule has 0 fully saturated rings. The van der Waals surface area contributed by atoms with E-state index >= 15 is 0 Å². The molecular formula is C32H37N5O6. The summed E-state index contributed by atoms with van der Waals surface area (Å²) in [5.74, 6) is -0.954. The Balaban J connectivity index is 1.50. The number of urea groups is 1. The van der Waals surface area contributed by atoms with E-state index in [0.29, 0.717) is 25.2 Å². The van der Waals surface area contributed by atoms with Crippen molar-refractivity contribution in [3.63, 3.8) is 0 Å². The van der Waals surface area contributed by atoms with Crippen molar-refractivity contribution in [3.8, 4) is 11.1 Å². The molecule has 43 heavy (non-hydrogen) atoms. The molecule has 0 radical (unpaired) electrons. The number of hydrogen-bond donors (Lipinski definition) is 5. The van der Waals surface area contributed by atoms with Crippen LogP contribution in [0.4, 0.5) is 15.3 Å². The van der Waals surface area contributed by atoms with E-state index < -0.39 is 23.6 Å². The zero-order valence-electron chi connectivity index (χ0n) is 24.5. The molecule has 0 saturated carbocycles. The summed E-state index contributed by atoms with van der Waals surface area (Å²) in [6.45, 7) is 3.79. The van der Waals surface area contributed by atoms with Crippen molar-refractivity contribution in [1.82, 2.24) is 20.9 Å². The lowest BCUT2D eigenvalue weighted by molar-refractivity contribution is -0.140. The third-order valence-corrected chi connectivity index (χ3v) is 7.23. The van der Waals surface area contributed by atoms with Gasteiger partial charge in [-0.25, -0.2) is 9.59 Å². The maximum atomic E-state index is 13.7. The normalized spacial score (nSPS) is 13.3. The number of fused-ring (bicyclic) bond motifs is 1. The van der Waals surface area contributed by atoms with Crippen LogP contribution in [0.15, 0.2) is 72.8 Å². The summed E-state index contributed by atoms with van der Waals surface area (Å²) in [4.78, 5) is 51.6. The van der Waals surface area contributed by atoms with E-state index in [4.69, 9.17) is 9.84 Å². The van der Waals surface area contributed by atoms with Gasteiger partial charge in [0.15, 0.2) is 0 Å². The third-order valence-electron chi connectivity index (χ3n) is 7.23. The van der Waals surface area contributed by atoms with Crippen molar-refractivity contribution in [2.24, 2.45) is 0 Å². The van der Waals surface area contributed by atoms with E-state index in [2.05, 4.69) is 27.3 Å². The van der Waals surface area contributed by atoms with E-state index in [0.717, 1.165) is 27.8 Å². The molecule has 0 saturated heterocycles. The number of carbonyl (C=O) groups excluding carboxylic acids is 3. The number of ether oxygens (including phenoxy) is 1. The van der Waals surface area contributed by atoms with Gasteiger partial charge >= 0.3 is 12.1 Å². The number of rotatable bonds is 10. The van der Waals surface area contributed by atoms with Crippen LogP contribution in [0.1, 0.15) is 30.5 Å². The van der Waals surface area contributed by atoms with Crippen molar-refractivity contribution in [1.29, 1.82) is 0 Å². The highest BCUT2D eigenvalue weighted by Gasteiger charge is 2.35. The minimum Gasteiger partial charge on any atom is -0.465 e. The van der Waals surface area contributed by atoms with Gasteiger partial charge in [-0.2, -0.15) is 0 Å². The van der Waals surface area contributed by atoms with E-state index in [1.807, 2.05) is 66.7 Å². The molecule has 0 aliphatic carbocycles. The van der Waals surface area contributed by atoms with E-state index in [1.54, 1.807) is 11.9 Å². The van der Waals surface area contributed by atoms with Crippen LogP contribution < -0.4 is 21.3 Å². The predicted molar refractivity (Wildman–Crippen MR) is 162 cm³/mol. The molecule has 5 N–H and O–H groups in total. The largest absolute Gasteiger partial charge is 0.465 e. The Labute approximate surface area is 250 Å². The molecule has 4 rings (SSSR count).